The average Bonchev–Trinajstić information content (AvgIpc) is 2.39. The summed E-state index contributed by atoms with van der Waals surface area (Å²) in [6, 6.07) is 3.72. The molecule has 0 aliphatic carbocycles. The van der Waals surface area contributed by atoms with Gasteiger partial charge in [-0.2, -0.15) is 0 Å². The number of amides is 1. The van der Waals surface area contributed by atoms with Gasteiger partial charge in [-0.3, -0.25) is 4.79 Å². The van der Waals surface area contributed by atoms with Crippen LogP contribution in [-0.2, 0) is 4.74 Å². The van der Waals surface area contributed by atoms with Crippen LogP contribution in [0.1, 0.15) is 17.3 Å². The second kappa shape index (κ2) is 5.32. The van der Waals surface area contributed by atoms with E-state index in [0.29, 0.717) is 25.3 Å². The molecule has 6 nitrogen and oxygen atoms in total. The summed E-state index contributed by atoms with van der Waals surface area (Å²) in [5.74, 6) is 0.346. The SMILES string of the molecule is CC1COC(CN)CN1c1ccc(C(N)=O)cn1. The fraction of sp³-hybridized carbons (Fsp3) is 0.500. The average molecular weight is 250 g/mol. The van der Waals surface area contributed by atoms with E-state index in [4.69, 9.17) is 16.2 Å². The number of carbonyl (C=O) groups excluding carboxylic acids is 1. The third-order valence-corrected chi connectivity index (χ3v) is 3.10. The second-order valence-electron chi connectivity index (χ2n) is 4.46. The minimum atomic E-state index is -0.469. The Morgan fingerprint density at radius 1 is 1.61 bits per heavy atom. The normalized spacial score (nSPS) is 24.0. The van der Waals surface area contributed by atoms with Crippen molar-refractivity contribution in [3.8, 4) is 0 Å². The first-order valence-corrected chi connectivity index (χ1v) is 5.96. The van der Waals surface area contributed by atoms with E-state index < -0.39 is 5.91 Å². The monoisotopic (exact) mass is 250 g/mol. The highest BCUT2D eigenvalue weighted by Gasteiger charge is 2.26. The van der Waals surface area contributed by atoms with Crippen LogP contribution in [-0.4, -0.2) is 42.7 Å². The molecule has 1 aromatic rings. The van der Waals surface area contributed by atoms with Crippen molar-refractivity contribution in [1.29, 1.82) is 0 Å². The Hall–Kier alpha value is -1.66. The fourth-order valence-electron chi connectivity index (χ4n) is 1.98. The van der Waals surface area contributed by atoms with Crippen molar-refractivity contribution in [1.82, 2.24) is 4.98 Å². The molecular weight excluding hydrogens is 232 g/mol. The second-order valence-corrected chi connectivity index (χ2v) is 4.46. The van der Waals surface area contributed by atoms with Crippen LogP contribution in [0.4, 0.5) is 5.82 Å². The molecular formula is C12H18N4O2. The standard InChI is InChI=1S/C12H18N4O2/c1-8-7-18-10(4-13)6-16(8)11-3-2-9(5-15-11)12(14)17/h2-3,5,8,10H,4,6-7,13H2,1H3,(H2,14,17). The largest absolute Gasteiger partial charge is 0.373 e. The maximum Gasteiger partial charge on any atom is 0.250 e. The third-order valence-electron chi connectivity index (χ3n) is 3.10. The molecule has 2 heterocycles. The van der Waals surface area contributed by atoms with Gasteiger partial charge in [0, 0.05) is 19.3 Å². The molecule has 4 N–H and O–H groups in total. The highest BCUT2D eigenvalue weighted by Crippen LogP contribution is 2.19. The summed E-state index contributed by atoms with van der Waals surface area (Å²) in [5.41, 5.74) is 11.2. The van der Waals surface area contributed by atoms with Gasteiger partial charge in [-0.15, -0.1) is 0 Å². The molecule has 0 bridgehead atoms. The van der Waals surface area contributed by atoms with Crippen molar-refractivity contribution < 1.29 is 9.53 Å². The van der Waals surface area contributed by atoms with E-state index in [1.54, 1.807) is 12.1 Å². The summed E-state index contributed by atoms with van der Waals surface area (Å²) in [6.07, 6.45) is 1.52. The minimum Gasteiger partial charge on any atom is -0.373 e. The van der Waals surface area contributed by atoms with Crippen LogP contribution in [0.2, 0.25) is 0 Å². The summed E-state index contributed by atoms with van der Waals surface area (Å²) >= 11 is 0. The Morgan fingerprint density at radius 2 is 2.39 bits per heavy atom. The Kier molecular flexibility index (Phi) is 3.78. The van der Waals surface area contributed by atoms with Crippen LogP contribution < -0.4 is 16.4 Å². The van der Waals surface area contributed by atoms with Crippen LogP contribution in [0.15, 0.2) is 18.3 Å². The molecule has 1 saturated heterocycles. The number of primary amides is 1. The van der Waals surface area contributed by atoms with Crippen LogP contribution in [0, 0.1) is 0 Å². The molecule has 0 spiro atoms. The minimum absolute atomic E-state index is 0.0267. The van der Waals surface area contributed by atoms with Gasteiger partial charge < -0.3 is 21.1 Å². The Balaban J connectivity index is 2.16. The van der Waals surface area contributed by atoms with Gasteiger partial charge in [-0.25, -0.2) is 4.98 Å². The number of ether oxygens (including phenoxy) is 1. The van der Waals surface area contributed by atoms with Gasteiger partial charge in [0.05, 0.1) is 24.3 Å². The molecule has 1 amide bonds. The number of morpholine rings is 1. The lowest BCUT2D eigenvalue weighted by atomic mass is 10.2. The molecule has 1 aliphatic heterocycles. The van der Waals surface area contributed by atoms with Gasteiger partial charge in [0.1, 0.15) is 5.82 Å². The number of nitrogens with two attached hydrogens (primary N) is 2. The molecule has 1 aromatic heterocycles. The Morgan fingerprint density at radius 3 is 2.94 bits per heavy atom. The first kappa shape index (κ1) is 12.8. The maximum atomic E-state index is 11.0. The summed E-state index contributed by atoms with van der Waals surface area (Å²) in [4.78, 5) is 17.4. The van der Waals surface area contributed by atoms with Crippen molar-refractivity contribution in [3.05, 3.63) is 23.9 Å². The van der Waals surface area contributed by atoms with Crippen LogP contribution in [0.5, 0.6) is 0 Å². The Labute approximate surface area is 106 Å². The van der Waals surface area contributed by atoms with E-state index in [-0.39, 0.29) is 12.1 Å². The molecule has 2 unspecified atom stereocenters. The van der Waals surface area contributed by atoms with Crippen molar-refractivity contribution in [2.45, 2.75) is 19.1 Å². The van der Waals surface area contributed by atoms with E-state index >= 15 is 0 Å². The molecule has 1 fully saturated rings. The molecule has 0 aromatic carbocycles. The number of hydrogen-bond acceptors (Lipinski definition) is 5. The molecule has 18 heavy (non-hydrogen) atoms. The highest BCUT2D eigenvalue weighted by atomic mass is 16.5. The van der Waals surface area contributed by atoms with Gasteiger partial charge in [0.25, 0.3) is 0 Å². The van der Waals surface area contributed by atoms with Crippen LogP contribution >= 0.6 is 0 Å². The van der Waals surface area contributed by atoms with Crippen molar-refractivity contribution >= 4 is 11.7 Å². The molecule has 0 saturated carbocycles. The van der Waals surface area contributed by atoms with Gasteiger partial charge in [-0.1, -0.05) is 0 Å². The number of aromatic nitrogens is 1. The van der Waals surface area contributed by atoms with Crippen molar-refractivity contribution in [2.75, 3.05) is 24.6 Å². The summed E-state index contributed by atoms with van der Waals surface area (Å²) in [5, 5.41) is 0. The Bertz CT molecular complexity index is 421. The lowest BCUT2D eigenvalue weighted by Gasteiger charge is -2.38. The maximum absolute atomic E-state index is 11.0. The van der Waals surface area contributed by atoms with Gasteiger partial charge in [-0.05, 0) is 19.1 Å². The van der Waals surface area contributed by atoms with E-state index in [0.717, 1.165) is 5.82 Å². The number of carbonyl (C=O) groups is 1. The molecule has 0 radical (unpaired) electrons. The number of anilines is 1. The summed E-state index contributed by atoms with van der Waals surface area (Å²) < 4.78 is 5.58. The molecule has 2 atom stereocenters. The zero-order valence-corrected chi connectivity index (χ0v) is 10.4. The third kappa shape index (κ3) is 2.60. The van der Waals surface area contributed by atoms with Crippen LogP contribution in [0.3, 0.4) is 0 Å². The molecule has 2 rings (SSSR count). The predicted octanol–water partition coefficient (Wildman–Crippen LogP) is -0.267. The topological polar surface area (TPSA) is 94.5 Å². The molecule has 1 aliphatic rings. The predicted molar refractivity (Wildman–Crippen MR) is 68.4 cm³/mol. The zero-order valence-electron chi connectivity index (χ0n) is 10.4. The number of rotatable bonds is 3. The lowest BCUT2D eigenvalue weighted by molar-refractivity contribution is 0.0280. The summed E-state index contributed by atoms with van der Waals surface area (Å²) in [6.45, 7) is 3.89. The zero-order chi connectivity index (χ0) is 13.1. The van der Waals surface area contributed by atoms with Gasteiger partial charge >= 0.3 is 0 Å². The van der Waals surface area contributed by atoms with Crippen LogP contribution in [0.25, 0.3) is 0 Å². The summed E-state index contributed by atoms with van der Waals surface area (Å²) in [7, 11) is 0. The first-order chi connectivity index (χ1) is 8.61. The van der Waals surface area contributed by atoms with Crippen molar-refractivity contribution in [2.24, 2.45) is 11.5 Å². The lowest BCUT2D eigenvalue weighted by Crippen LogP contribution is -2.51. The first-order valence-electron chi connectivity index (χ1n) is 5.96. The highest BCUT2D eigenvalue weighted by molar-refractivity contribution is 5.92. The quantitative estimate of drug-likeness (QED) is 0.770. The van der Waals surface area contributed by atoms with E-state index in [1.807, 2.05) is 0 Å². The molecule has 98 valence electrons. The van der Waals surface area contributed by atoms with E-state index in [2.05, 4.69) is 16.8 Å². The smallest absolute Gasteiger partial charge is 0.250 e. The number of nitrogens with zero attached hydrogens (tertiary/aromatic N) is 2. The van der Waals surface area contributed by atoms with Crippen molar-refractivity contribution in [3.63, 3.8) is 0 Å². The molecule has 6 heteroatoms. The number of hydrogen-bond donors (Lipinski definition) is 2. The van der Waals surface area contributed by atoms with Gasteiger partial charge in [0.2, 0.25) is 5.91 Å². The fourth-order valence-corrected chi connectivity index (χ4v) is 1.98. The van der Waals surface area contributed by atoms with E-state index in [1.165, 1.54) is 6.20 Å². The van der Waals surface area contributed by atoms with E-state index in [9.17, 15) is 4.79 Å². The number of pyridine rings is 1. The van der Waals surface area contributed by atoms with Gasteiger partial charge in [0.15, 0.2) is 0 Å².